The smallest absolute Gasteiger partial charge is 0.266 e. The highest BCUT2D eigenvalue weighted by atomic mass is 79.9. The largest absolute Gasteiger partial charge is 0.467 e. The number of rotatable bonds is 4. The molecule has 1 fully saturated rings. The lowest BCUT2D eigenvalue weighted by Crippen LogP contribution is -2.53. The lowest BCUT2D eigenvalue weighted by atomic mass is 10.1. The second-order valence-electron chi connectivity index (χ2n) is 6.45. The Bertz CT molecular complexity index is 1150. The summed E-state index contributed by atoms with van der Waals surface area (Å²) >= 11 is 8.61. The van der Waals surface area contributed by atoms with E-state index in [2.05, 4.69) is 21.2 Å². The van der Waals surface area contributed by atoms with Crippen molar-refractivity contribution in [1.82, 2.24) is 10.2 Å². The Labute approximate surface area is 180 Å². The molecule has 0 aliphatic carbocycles. The zero-order valence-corrected chi connectivity index (χ0v) is 17.7. The molecule has 2 aromatic heterocycles. The first kappa shape index (κ1) is 19.4. The van der Waals surface area contributed by atoms with E-state index in [-0.39, 0.29) is 17.2 Å². The molecule has 146 valence electrons. The molecule has 1 N–H and O–H groups in total. The molecule has 1 aliphatic rings. The second-order valence-corrected chi connectivity index (χ2v) is 7.69. The van der Waals surface area contributed by atoms with Crippen LogP contribution in [0.15, 0.2) is 67.6 Å². The molecule has 2 amide bonds. The minimum absolute atomic E-state index is 0.0408. The minimum atomic E-state index is -0.562. The molecule has 6 nitrogen and oxygen atoms in total. The summed E-state index contributed by atoms with van der Waals surface area (Å²) in [6.07, 6.45) is 2.93. The number of benzene rings is 1. The van der Waals surface area contributed by atoms with E-state index < -0.39 is 11.8 Å². The van der Waals surface area contributed by atoms with E-state index in [1.165, 1.54) is 17.2 Å². The molecule has 1 saturated heterocycles. The Kier molecular flexibility index (Phi) is 5.21. The van der Waals surface area contributed by atoms with Gasteiger partial charge in [-0.25, -0.2) is 0 Å². The third-order valence-electron chi connectivity index (χ3n) is 4.44. The number of aryl methyl sites for hydroxylation is 1. The molecule has 0 radical (unpaired) electrons. The monoisotopic (exact) mass is 470 g/mol. The highest BCUT2D eigenvalue weighted by molar-refractivity contribution is 9.10. The zero-order chi connectivity index (χ0) is 20.5. The molecule has 29 heavy (non-hydrogen) atoms. The highest BCUT2D eigenvalue weighted by Crippen LogP contribution is 2.28. The van der Waals surface area contributed by atoms with Gasteiger partial charge in [-0.2, -0.15) is 0 Å². The van der Waals surface area contributed by atoms with Crippen LogP contribution in [0.2, 0.25) is 0 Å². The van der Waals surface area contributed by atoms with Gasteiger partial charge >= 0.3 is 0 Å². The third kappa shape index (κ3) is 3.94. The van der Waals surface area contributed by atoms with Crippen LogP contribution in [0.1, 0.15) is 17.1 Å². The minimum Gasteiger partial charge on any atom is -0.467 e. The summed E-state index contributed by atoms with van der Waals surface area (Å²) in [5.74, 6) is 0.520. The number of amides is 2. The van der Waals surface area contributed by atoms with Crippen LogP contribution in [-0.4, -0.2) is 21.8 Å². The first-order valence-electron chi connectivity index (χ1n) is 8.70. The molecular formula is C21H15BrN2O4S. The molecule has 8 heteroatoms. The van der Waals surface area contributed by atoms with Crippen LogP contribution in [0.5, 0.6) is 0 Å². The van der Waals surface area contributed by atoms with Gasteiger partial charge in [0.25, 0.3) is 11.8 Å². The Morgan fingerprint density at radius 3 is 2.76 bits per heavy atom. The van der Waals surface area contributed by atoms with E-state index in [0.717, 1.165) is 15.6 Å². The van der Waals surface area contributed by atoms with Crippen molar-refractivity contribution in [2.75, 3.05) is 0 Å². The Balaban J connectivity index is 1.61. The number of halogens is 1. The fourth-order valence-corrected chi connectivity index (χ4v) is 3.41. The van der Waals surface area contributed by atoms with Crippen molar-refractivity contribution in [2.45, 2.75) is 13.5 Å². The van der Waals surface area contributed by atoms with Gasteiger partial charge in [-0.05, 0) is 67.2 Å². The summed E-state index contributed by atoms with van der Waals surface area (Å²) in [4.78, 5) is 26.5. The number of carbonyl (C=O) groups excluding carboxylic acids is 2. The number of furan rings is 2. The summed E-state index contributed by atoms with van der Waals surface area (Å²) in [6, 6.07) is 12.8. The predicted molar refractivity (Wildman–Crippen MR) is 115 cm³/mol. The molecule has 1 aromatic carbocycles. The van der Waals surface area contributed by atoms with Crippen LogP contribution in [0.4, 0.5) is 0 Å². The van der Waals surface area contributed by atoms with E-state index >= 15 is 0 Å². The SMILES string of the molecule is Cc1cc(-c2ccc(C=C3C(=O)NC(=S)N(Cc4ccco4)C3=O)o2)ccc1Br. The molecule has 0 spiro atoms. The van der Waals surface area contributed by atoms with Crippen molar-refractivity contribution in [1.29, 1.82) is 0 Å². The average Bonchev–Trinajstić information content (AvgIpc) is 3.36. The van der Waals surface area contributed by atoms with Gasteiger partial charge in [0.05, 0.1) is 12.8 Å². The predicted octanol–water partition coefficient (Wildman–Crippen LogP) is 4.44. The molecule has 1 aliphatic heterocycles. The van der Waals surface area contributed by atoms with Crippen molar-refractivity contribution in [3.63, 3.8) is 0 Å². The van der Waals surface area contributed by atoms with Gasteiger partial charge in [0.15, 0.2) is 5.11 Å². The topological polar surface area (TPSA) is 75.7 Å². The normalized spacial score (nSPS) is 15.9. The first-order chi connectivity index (χ1) is 13.9. The average molecular weight is 471 g/mol. The van der Waals surface area contributed by atoms with Crippen LogP contribution in [0.25, 0.3) is 17.4 Å². The van der Waals surface area contributed by atoms with Crippen molar-refractivity contribution in [2.24, 2.45) is 0 Å². The highest BCUT2D eigenvalue weighted by Gasteiger charge is 2.34. The van der Waals surface area contributed by atoms with E-state index in [1.54, 1.807) is 24.3 Å². The molecular weight excluding hydrogens is 456 g/mol. The lowest BCUT2D eigenvalue weighted by molar-refractivity contribution is -0.129. The van der Waals surface area contributed by atoms with Gasteiger partial charge in [-0.3, -0.25) is 19.8 Å². The summed E-state index contributed by atoms with van der Waals surface area (Å²) in [6.45, 7) is 2.12. The number of carbonyl (C=O) groups is 2. The molecule has 0 bridgehead atoms. The van der Waals surface area contributed by atoms with E-state index in [9.17, 15) is 9.59 Å². The van der Waals surface area contributed by atoms with Crippen molar-refractivity contribution < 1.29 is 18.4 Å². The summed E-state index contributed by atoms with van der Waals surface area (Å²) < 4.78 is 12.1. The number of thiocarbonyl (C=S) groups is 1. The Morgan fingerprint density at radius 2 is 2.03 bits per heavy atom. The quantitative estimate of drug-likeness (QED) is 0.346. The summed E-state index contributed by atoms with van der Waals surface area (Å²) in [5.41, 5.74) is 1.91. The van der Waals surface area contributed by atoms with Gasteiger partial charge in [-0.1, -0.05) is 22.0 Å². The fraction of sp³-hybridized carbons (Fsp3) is 0.0952. The van der Waals surface area contributed by atoms with E-state index in [0.29, 0.717) is 17.3 Å². The number of hydrogen-bond donors (Lipinski definition) is 1. The third-order valence-corrected chi connectivity index (χ3v) is 5.65. The summed E-state index contributed by atoms with van der Waals surface area (Å²) in [7, 11) is 0. The zero-order valence-electron chi connectivity index (χ0n) is 15.3. The molecule has 3 heterocycles. The molecule has 3 aromatic rings. The van der Waals surface area contributed by atoms with Crippen LogP contribution in [0, 0.1) is 6.92 Å². The van der Waals surface area contributed by atoms with Crippen molar-refractivity contribution in [3.05, 3.63) is 75.9 Å². The maximum atomic E-state index is 12.9. The second kappa shape index (κ2) is 7.81. The Morgan fingerprint density at radius 1 is 1.21 bits per heavy atom. The molecule has 0 saturated carbocycles. The summed E-state index contributed by atoms with van der Waals surface area (Å²) in [5, 5.41) is 2.58. The molecule has 0 unspecified atom stereocenters. The fourth-order valence-electron chi connectivity index (χ4n) is 2.92. The molecule has 0 atom stereocenters. The number of hydrogen-bond acceptors (Lipinski definition) is 5. The van der Waals surface area contributed by atoms with Gasteiger partial charge in [0.1, 0.15) is 22.9 Å². The maximum Gasteiger partial charge on any atom is 0.266 e. The van der Waals surface area contributed by atoms with Gasteiger partial charge < -0.3 is 8.83 Å². The van der Waals surface area contributed by atoms with Crippen LogP contribution >= 0.6 is 28.1 Å². The van der Waals surface area contributed by atoms with Crippen LogP contribution < -0.4 is 5.32 Å². The van der Waals surface area contributed by atoms with Crippen LogP contribution in [-0.2, 0) is 16.1 Å². The maximum absolute atomic E-state index is 12.9. The van der Waals surface area contributed by atoms with Gasteiger partial charge in [0.2, 0.25) is 0 Å². The van der Waals surface area contributed by atoms with Gasteiger partial charge in [-0.15, -0.1) is 0 Å². The number of nitrogens with one attached hydrogen (secondary N) is 1. The van der Waals surface area contributed by atoms with Gasteiger partial charge in [0, 0.05) is 10.0 Å². The van der Waals surface area contributed by atoms with E-state index in [4.69, 9.17) is 21.1 Å². The van der Waals surface area contributed by atoms with Crippen LogP contribution in [0.3, 0.4) is 0 Å². The van der Waals surface area contributed by atoms with E-state index in [1.807, 2.05) is 25.1 Å². The van der Waals surface area contributed by atoms with Crippen molar-refractivity contribution in [3.8, 4) is 11.3 Å². The van der Waals surface area contributed by atoms with Crippen molar-refractivity contribution >= 4 is 51.2 Å². The molecule has 4 rings (SSSR count). The Hall–Kier alpha value is -2.97. The standard InChI is InChI=1S/C21H15BrN2O4S/c1-12-9-13(4-6-17(12)22)18-7-5-14(28-18)10-16-19(25)23-21(29)24(20(16)26)11-15-3-2-8-27-15/h2-10H,11H2,1H3,(H,23,25,29). The first-order valence-corrected chi connectivity index (χ1v) is 9.90. The lowest BCUT2D eigenvalue weighted by Gasteiger charge is -2.27. The number of nitrogens with zero attached hydrogens (tertiary/aromatic N) is 1.